The van der Waals surface area contributed by atoms with E-state index in [1.807, 2.05) is 32.6 Å². The number of hydrogen-bond acceptors (Lipinski definition) is 8. The number of ether oxygens (including phenoxy) is 2. The van der Waals surface area contributed by atoms with Gasteiger partial charge in [0.15, 0.2) is 16.7 Å². The molecule has 0 spiro atoms. The number of H-pyrrole nitrogens is 1. The number of imidazole rings is 1. The number of anilines is 1. The molecule has 1 fully saturated rings. The molecule has 1 amide bonds. The number of amides is 1. The number of carbonyl (C=O) groups is 2. The van der Waals surface area contributed by atoms with Crippen molar-refractivity contribution >= 4 is 29.5 Å². The average molecular weight is 496 g/mol. The topological polar surface area (TPSA) is 123 Å². The zero-order valence-electron chi connectivity index (χ0n) is 20.3. The van der Waals surface area contributed by atoms with Gasteiger partial charge in [-0.2, -0.15) is 4.98 Å². The smallest absolute Gasteiger partial charge is 0.360 e. The first-order valence-electron chi connectivity index (χ1n) is 12.0. The molecule has 34 heavy (non-hydrogen) atoms. The van der Waals surface area contributed by atoms with E-state index in [9.17, 15) is 9.59 Å². The Bertz CT molecular complexity index is 975. The minimum atomic E-state index is -0.465. The Hall–Kier alpha value is -2.59. The summed E-state index contributed by atoms with van der Waals surface area (Å²) >= 11 is 6.08. The van der Waals surface area contributed by atoms with Crippen LogP contribution in [0.2, 0.25) is 5.15 Å². The van der Waals surface area contributed by atoms with Gasteiger partial charge in [-0.1, -0.05) is 38.8 Å². The molecule has 1 saturated heterocycles. The first kappa shape index (κ1) is 26.0. The van der Waals surface area contributed by atoms with Crippen LogP contribution in [0.4, 0.5) is 6.01 Å². The molecule has 10 nitrogen and oxygen atoms in total. The highest BCUT2D eigenvalue weighted by atomic mass is 35.5. The number of piperidine rings is 1. The molecule has 3 rings (SSSR count). The molecule has 0 saturated carbocycles. The summed E-state index contributed by atoms with van der Waals surface area (Å²) in [5, 5.41) is 3.32. The fourth-order valence-electron chi connectivity index (χ4n) is 3.86. The van der Waals surface area contributed by atoms with E-state index in [1.54, 1.807) is 0 Å². The Balaban J connectivity index is 1.69. The first-order valence-corrected chi connectivity index (χ1v) is 12.4. The van der Waals surface area contributed by atoms with Crippen LogP contribution in [0.1, 0.15) is 79.5 Å². The van der Waals surface area contributed by atoms with Crippen molar-refractivity contribution in [1.82, 2.24) is 20.3 Å². The Kier molecular flexibility index (Phi) is 9.35. The molecule has 188 valence electrons. The molecule has 0 unspecified atom stereocenters. The van der Waals surface area contributed by atoms with Crippen LogP contribution in [-0.2, 0) is 22.3 Å². The highest BCUT2D eigenvalue weighted by Crippen LogP contribution is 2.25. The molecule has 1 aliphatic heterocycles. The molecule has 0 aromatic carbocycles. The van der Waals surface area contributed by atoms with E-state index in [0.29, 0.717) is 62.5 Å². The number of aromatic nitrogens is 3. The summed E-state index contributed by atoms with van der Waals surface area (Å²) in [7, 11) is 0. The number of aromatic amines is 1. The number of halogens is 1. The van der Waals surface area contributed by atoms with Gasteiger partial charge in [-0.3, -0.25) is 4.79 Å². The molecule has 2 aromatic heterocycles. The molecular formula is C23H34ClN5O5. The SMILES string of the molecule is CCCCOC(=O)c1nc(N2CC[C@H](NC(=O)c3nc(Cl)c(CC)[nH]3)[C@H](OCC)C2)oc1CC. The number of nitrogens with zero attached hydrogens (tertiary/aromatic N) is 3. The number of rotatable bonds is 11. The van der Waals surface area contributed by atoms with Crippen LogP contribution in [0.25, 0.3) is 0 Å². The second-order valence-corrected chi connectivity index (χ2v) is 8.49. The van der Waals surface area contributed by atoms with Crippen molar-refractivity contribution in [3.05, 3.63) is 28.1 Å². The van der Waals surface area contributed by atoms with Crippen molar-refractivity contribution in [1.29, 1.82) is 0 Å². The van der Waals surface area contributed by atoms with E-state index >= 15 is 0 Å². The van der Waals surface area contributed by atoms with E-state index in [2.05, 4.69) is 20.3 Å². The molecule has 2 aromatic rings. The molecule has 2 atom stereocenters. The maximum absolute atomic E-state index is 12.8. The van der Waals surface area contributed by atoms with E-state index in [1.165, 1.54) is 0 Å². The number of aryl methyl sites for hydroxylation is 2. The lowest BCUT2D eigenvalue weighted by Gasteiger charge is -2.37. The van der Waals surface area contributed by atoms with Gasteiger partial charge in [-0.15, -0.1) is 0 Å². The number of carbonyl (C=O) groups excluding carboxylic acids is 2. The fraction of sp³-hybridized carbons (Fsp3) is 0.652. The summed E-state index contributed by atoms with van der Waals surface area (Å²) in [6, 6.07) is 0.135. The number of unbranched alkanes of at least 4 members (excludes halogenated alkanes) is 1. The zero-order chi connectivity index (χ0) is 24.7. The quantitative estimate of drug-likeness (QED) is 0.358. The maximum Gasteiger partial charge on any atom is 0.360 e. The van der Waals surface area contributed by atoms with Gasteiger partial charge in [0.05, 0.1) is 31.0 Å². The van der Waals surface area contributed by atoms with Crippen molar-refractivity contribution in [2.75, 3.05) is 31.2 Å². The summed E-state index contributed by atoms with van der Waals surface area (Å²) in [5.41, 5.74) is 0.945. The summed E-state index contributed by atoms with van der Waals surface area (Å²) in [6.45, 7) is 9.65. The minimum Gasteiger partial charge on any atom is -0.461 e. The van der Waals surface area contributed by atoms with Crippen molar-refractivity contribution in [3.8, 4) is 0 Å². The van der Waals surface area contributed by atoms with Crippen molar-refractivity contribution in [2.24, 2.45) is 0 Å². The highest BCUT2D eigenvalue weighted by molar-refractivity contribution is 6.30. The van der Waals surface area contributed by atoms with Crippen LogP contribution < -0.4 is 10.2 Å². The standard InChI is InChI=1S/C23H34ClN5O5/c1-5-9-12-33-22(31)18-16(7-3)34-23(27-18)29-11-10-15(17(13-29)32-8-4)26-21(30)20-25-14(6-2)19(24)28-20/h15,17H,5-13H2,1-4H3,(H,25,28)(H,26,30)/t15-,17+/m0/s1. The molecular weight excluding hydrogens is 462 g/mol. The Morgan fingerprint density at radius 1 is 1.24 bits per heavy atom. The molecule has 0 radical (unpaired) electrons. The maximum atomic E-state index is 12.8. The second-order valence-electron chi connectivity index (χ2n) is 8.13. The third kappa shape index (κ3) is 6.09. The molecule has 3 heterocycles. The van der Waals surface area contributed by atoms with Gasteiger partial charge in [0.2, 0.25) is 0 Å². The summed E-state index contributed by atoms with van der Waals surface area (Å²) in [4.78, 5) is 38.7. The van der Waals surface area contributed by atoms with Crippen molar-refractivity contribution in [3.63, 3.8) is 0 Å². The van der Waals surface area contributed by atoms with Gasteiger partial charge in [0.25, 0.3) is 11.9 Å². The number of esters is 1. The normalized spacial score (nSPS) is 18.2. The minimum absolute atomic E-state index is 0.186. The molecule has 1 aliphatic rings. The fourth-order valence-corrected chi connectivity index (χ4v) is 4.12. The predicted molar refractivity (Wildman–Crippen MR) is 128 cm³/mol. The first-order chi connectivity index (χ1) is 16.4. The highest BCUT2D eigenvalue weighted by Gasteiger charge is 2.34. The van der Waals surface area contributed by atoms with Crippen LogP contribution in [0.15, 0.2) is 4.42 Å². The number of hydrogen-bond donors (Lipinski definition) is 2. The number of nitrogens with one attached hydrogen (secondary N) is 2. The second kappa shape index (κ2) is 12.2. The lowest BCUT2D eigenvalue weighted by molar-refractivity contribution is 0.0262. The van der Waals surface area contributed by atoms with Gasteiger partial charge in [-0.05, 0) is 26.2 Å². The van der Waals surface area contributed by atoms with E-state index in [-0.39, 0.29) is 29.6 Å². The van der Waals surface area contributed by atoms with Gasteiger partial charge < -0.3 is 29.1 Å². The van der Waals surface area contributed by atoms with Gasteiger partial charge >= 0.3 is 5.97 Å². The van der Waals surface area contributed by atoms with Crippen LogP contribution >= 0.6 is 11.6 Å². The summed E-state index contributed by atoms with van der Waals surface area (Å²) in [5.74, 6) is -0.106. The Morgan fingerprint density at radius 3 is 2.68 bits per heavy atom. The molecule has 2 N–H and O–H groups in total. The van der Waals surface area contributed by atoms with Gasteiger partial charge in [-0.25, -0.2) is 9.78 Å². The monoisotopic (exact) mass is 495 g/mol. The van der Waals surface area contributed by atoms with Crippen LogP contribution in [0, 0.1) is 0 Å². The third-order valence-corrected chi connectivity index (χ3v) is 6.07. The predicted octanol–water partition coefficient (Wildman–Crippen LogP) is 3.55. The molecule has 0 bridgehead atoms. The van der Waals surface area contributed by atoms with Crippen molar-refractivity contribution in [2.45, 2.75) is 71.9 Å². The van der Waals surface area contributed by atoms with Crippen molar-refractivity contribution < 1.29 is 23.5 Å². The molecule has 0 aliphatic carbocycles. The number of oxazole rings is 1. The Labute approximate surface area is 204 Å². The summed E-state index contributed by atoms with van der Waals surface area (Å²) < 4.78 is 17.2. The lowest BCUT2D eigenvalue weighted by Crippen LogP contribution is -2.55. The molecule has 11 heteroatoms. The largest absolute Gasteiger partial charge is 0.461 e. The van der Waals surface area contributed by atoms with Crippen LogP contribution in [-0.4, -0.2) is 65.3 Å². The van der Waals surface area contributed by atoms with E-state index < -0.39 is 5.97 Å². The summed E-state index contributed by atoms with van der Waals surface area (Å²) in [6.07, 6.45) is 3.23. The lowest BCUT2D eigenvalue weighted by atomic mass is 10.0. The van der Waals surface area contributed by atoms with Gasteiger partial charge in [0, 0.05) is 19.6 Å². The zero-order valence-corrected chi connectivity index (χ0v) is 21.0. The average Bonchev–Trinajstić information content (AvgIpc) is 3.44. The Morgan fingerprint density at radius 2 is 2.03 bits per heavy atom. The van der Waals surface area contributed by atoms with E-state index in [4.69, 9.17) is 25.5 Å². The van der Waals surface area contributed by atoms with Crippen LogP contribution in [0.3, 0.4) is 0 Å². The van der Waals surface area contributed by atoms with Gasteiger partial charge in [0.1, 0.15) is 5.76 Å². The third-order valence-electron chi connectivity index (χ3n) is 5.76. The van der Waals surface area contributed by atoms with Crippen LogP contribution in [0.5, 0.6) is 0 Å². The van der Waals surface area contributed by atoms with E-state index in [0.717, 1.165) is 18.5 Å².